The molecule has 2 unspecified atom stereocenters. The first kappa shape index (κ1) is 14.8. The fraction of sp³-hybridized carbons (Fsp3) is 0.857. The highest BCUT2D eigenvalue weighted by Crippen LogP contribution is 2.39. The minimum atomic E-state index is -2.51. The van der Waals surface area contributed by atoms with E-state index in [4.69, 9.17) is 4.74 Å². The van der Waals surface area contributed by atoms with Gasteiger partial charge in [0.05, 0.1) is 12.3 Å². The third-order valence-corrected chi connectivity index (χ3v) is 4.41. The highest BCUT2D eigenvalue weighted by atomic mass is 19.3. The molecule has 1 N–H and O–H groups in total. The van der Waals surface area contributed by atoms with Crippen LogP contribution in [-0.4, -0.2) is 40.7 Å². The van der Waals surface area contributed by atoms with Crippen LogP contribution in [0.3, 0.4) is 0 Å². The van der Waals surface area contributed by atoms with Crippen LogP contribution in [0.1, 0.15) is 31.4 Å². The number of hydrogen-bond acceptors (Lipinski definition) is 4. The largest absolute Gasteiger partial charge is 0.381 e. The predicted molar refractivity (Wildman–Crippen MR) is 72.9 cm³/mol. The second-order valence-corrected chi connectivity index (χ2v) is 6.14. The standard InChI is InChI=1S/C14H22F2N4O/c15-14(16)4-1-2-12(14)6-17-7-13-9-20(19-18-13)8-11-3-5-21-10-11/h9,11-12,17H,1-8,10H2. The smallest absolute Gasteiger partial charge is 0.252 e. The topological polar surface area (TPSA) is 52.0 Å². The Morgan fingerprint density at radius 2 is 2.33 bits per heavy atom. The number of hydrogen-bond donors (Lipinski definition) is 1. The van der Waals surface area contributed by atoms with Gasteiger partial charge in [-0.3, -0.25) is 4.68 Å². The van der Waals surface area contributed by atoms with Crippen LogP contribution in [-0.2, 0) is 17.8 Å². The molecule has 1 aromatic rings. The Balaban J connectivity index is 1.42. The Kier molecular flexibility index (Phi) is 4.49. The van der Waals surface area contributed by atoms with E-state index in [-0.39, 0.29) is 6.42 Å². The molecule has 5 nitrogen and oxygen atoms in total. The van der Waals surface area contributed by atoms with Crippen LogP contribution in [0.2, 0.25) is 0 Å². The van der Waals surface area contributed by atoms with Crippen molar-refractivity contribution in [3.05, 3.63) is 11.9 Å². The second-order valence-electron chi connectivity index (χ2n) is 6.14. The summed E-state index contributed by atoms with van der Waals surface area (Å²) in [5, 5.41) is 11.2. The molecule has 0 spiro atoms. The number of ether oxygens (including phenoxy) is 1. The normalized spacial score (nSPS) is 28.3. The quantitative estimate of drug-likeness (QED) is 0.871. The van der Waals surface area contributed by atoms with Gasteiger partial charge in [-0.05, 0) is 19.3 Å². The monoisotopic (exact) mass is 300 g/mol. The van der Waals surface area contributed by atoms with Gasteiger partial charge in [0, 0.05) is 50.7 Å². The lowest BCUT2D eigenvalue weighted by Gasteiger charge is -2.18. The molecule has 7 heteroatoms. The van der Waals surface area contributed by atoms with Gasteiger partial charge in [0.1, 0.15) is 0 Å². The number of aromatic nitrogens is 3. The number of nitrogens with zero attached hydrogens (tertiary/aromatic N) is 3. The zero-order chi connectivity index (χ0) is 14.7. The fourth-order valence-corrected chi connectivity index (χ4v) is 3.13. The first-order valence-electron chi connectivity index (χ1n) is 7.69. The summed E-state index contributed by atoms with van der Waals surface area (Å²) in [4.78, 5) is 0. The van der Waals surface area contributed by atoms with E-state index in [0.29, 0.717) is 31.8 Å². The van der Waals surface area contributed by atoms with Gasteiger partial charge in [-0.25, -0.2) is 8.78 Å². The molecular weight excluding hydrogens is 278 g/mol. The molecule has 2 heterocycles. The lowest BCUT2D eigenvalue weighted by atomic mass is 10.1. The van der Waals surface area contributed by atoms with E-state index in [0.717, 1.165) is 31.9 Å². The first-order chi connectivity index (χ1) is 10.1. The molecule has 3 rings (SSSR count). The molecule has 1 saturated carbocycles. The molecule has 1 saturated heterocycles. The van der Waals surface area contributed by atoms with Crippen LogP contribution in [0.25, 0.3) is 0 Å². The Bertz CT molecular complexity index is 460. The van der Waals surface area contributed by atoms with Crippen molar-refractivity contribution in [3.8, 4) is 0 Å². The van der Waals surface area contributed by atoms with Gasteiger partial charge in [-0.15, -0.1) is 5.10 Å². The maximum atomic E-state index is 13.5. The lowest BCUT2D eigenvalue weighted by Crippen LogP contribution is -2.32. The molecule has 0 amide bonds. The van der Waals surface area contributed by atoms with Gasteiger partial charge in [0.25, 0.3) is 5.92 Å². The van der Waals surface area contributed by atoms with E-state index < -0.39 is 11.8 Å². The number of halogens is 2. The van der Waals surface area contributed by atoms with Crippen molar-refractivity contribution in [1.29, 1.82) is 0 Å². The minimum absolute atomic E-state index is 0.0268. The van der Waals surface area contributed by atoms with Crippen molar-refractivity contribution in [1.82, 2.24) is 20.3 Å². The first-order valence-corrected chi connectivity index (χ1v) is 7.69. The van der Waals surface area contributed by atoms with Crippen LogP contribution in [0.15, 0.2) is 6.20 Å². The van der Waals surface area contributed by atoms with E-state index in [1.165, 1.54) is 0 Å². The molecule has 0 aromatic carbocycles. The molecule has 0 radical (unpaired) electrons. The predicted octanol–water partition coefficient (Wildman–Crippen LogP) is 1.84. The van der Waals surface area contributed by atoms with Gasteiger partial charge in [0.15, 0.2) is 0 Å². The summed E-state index contributed by atoms with van der Waals surface area (Å²) < 4.78 is 34.1. The second kappa shape index (κ2) is 6.36. The van der Waals surface area contributed by atoms with E-state index in [1.54, 1.807) is 0 Å². The van der Waals surface area contributed by atoms with Crippen LogP contribution in [0.4, 0.5) is 8.78 Å². The summed E-state index contributed by atoms with van der Waals surface area (Å²) in [6.07, 6.45) is 4.20. The molecule has 2 aliphatic rings. The SMILES string of the molecule is FC1(F)CCCC1CNCc1cn(CC2CCOC2)nn1. The molecule has 118 valence electrons. The molecule has 0 bridgehead atoms. The van der Waals surface area contributed by atoms with E-state index >= 15 is 0 Å². The van der Waals surface area contributed by atoms with Gasteiger partial charge < -0.3 is 10.1 Å². The maximum absolute atomic E-state index is 13.5. The van der Waals surface area contributed by atoms with Crippen molar-refractivity contribution in [3.63, 3.8) is 0 Å². The summed E-state index contributed by atoms with van der Waals surface area (Å²) in [6.45, 7) is 3.26. The number of rotatable bonds is 6. The summed E-state index contributed by atoms with van der Waals surface area (Å²) >= 11 is 0. The Morgan fingerprint density at radius 3 is 3.05 bits per heavy atom. The van der Waals surface area contributed by atoms with Crippen LogP contribution < -0.4 is 5.32 Å². The Labute approximate surface area is 123 Å². The Hall–Kier alpha value is -1.08. The zero-order valence-corrected chi connectivity index (χ0v) is 12.1. The summed E-state index contributed by atoms with van der Waals surface area (Å²) in [5.41, 5.74) is 0.801. The summed E-state index contributed by atoms with van der Waals surface area (Å²) in [6, 6.07) is 0. The van der Waals surface area contributed by atoms with Crippen molar-refractivity contribution >= 4 is 0 Å². The van der Waals surface area contributed by atoms with Crippen LogP contribution in [0.5, 0.6) is 0 Å². The van der Waals surface area contributed by atoms with Crippen LogP contribution in [0, 0.1) is 11.8 Å². The zero-order valence-electron chi connectivity index (χ0n) is 12.1. The van der Waals surface area contributed by atoms with E-state index in [9.17, 15) is 8.78 Å². The van der Waals surface area contributed by atoms with Crippen molar-refractivity contribution in [2.24, 2.45) is 11.8 Å². The van der Waals surface area contributed by atoms with Crippen molar-refractivity contribution in [2.75, 3.05) is 19.8 Å². The Morgan fingerprint density at radius 1 is 1.43 bits per heavy atom. The molecule has 1 aromatic heterocycles. The van der Waals surface area contributed by atoms with E-state index in [2.05, 4.69) is 15.6 Å². The van der Waals surface area contributed by atoms with Gasteiger partial charge in [-0.2, -0.15) is 0 Å². The average Bonchev–Trinajstić information content (AvgIpc) is 3.14. The average molecular weight is 300 g/mol. The van der Waals surface area contributed by atoms with Crippen molar-refractivity contribution in [2.45, 2.75) is 44.7 Å². The maximum Gasteiger partial charge on any atom is 0.252 e. The fourth-order valence-electron chi connectivity index (χ4n) is 3.13. The molecule has 1 aliphatic carbocycles. The lowest BCUT2D eigenvalue weighted by molar-refractivity contribution is -0.0360. The van der Waals surface area contributed by atoms with E-state index in [1.807, 2.05) is 10.9 Å². The van der Waals surface area contributed by atoms with Crippen LogP contribution >= 0.6 is 0 Å². The summed E-state index contributed by atoms with van der Waals surface area (Å²) in [7, 11) is 0. The minimum Gasteiger partial charge on any atom is -0.381 e. The highest BCUT2D eigenvalue weighted by molar-refractivity contribution is 4.93. The summed E-state index contributed by atoms with van der Waals surface area (Å²) in [5.74, 6) is -2.54. The van der Waals surface area contributed by atoms with Gasteiger partial charge in [0.2, 0.25) is 0 Å². The molecular formula is C14H22F2N4O. The highest BCUT2D eigenvalue weighted by Gasteiger charge is 2.43. The molecule has 21 heavy (non-hydrogen) atoms. The van der Waals surface area contributed by atoms with Crippen molar-refractivity contribution < 1.29 is 13.5 Å². The third-order valence-electron chi connectivity index (χ3n) is 4.41. The molecule has 2 fully saturated rings. The molecule has 1 aliphatic heterocycles. The van der Waals surface area contributed by atoms with Gasteiger partial charge in [-0.1, -0.05) is 5.21 Å². The number of alkyl halides is 2. The third kappa shape index (κ3) is 3.77. The number of nitrogens with one attached hydrogen (secondary N) is 1. The molecule has 2 atom stereocenters. The van der Waals surface area contributed by atoms with Gasteiger partial charge >= 0.3 is 0 Å².